The van der Waals surface area contributed by atoms with Crippen molar-refractivity contribution in [1.29, 1.82) is 0 Å². The zero-order valence-corrected chi connectivity index (χ0v) is 11.9. The molecule has 1 saturated carbocycles. The van der Waals surface area contributed by atoms with Crippen LogP contribution in [-0.4, -0.2) is 0 Å². The van der Waals surface area contributed by atoms with Gasteiger partial charge in [-0.1, -0.05) is 54.6 Å². The van der Waals surface area contributed by atoms with Crippen LogP contribution in [0.1, 0.15) is 48.3 Å². The Hall–Kier alpha value is -1.82. The average Bonchev–Trinajstić information content (AvgIpc) is 2.85. The second-order valence-corrected chi connectivity index (χ2v) is 6.29. The molecule has 2 aromatic carbocycles. The first-order chi connectivity index (χ1) is 9.81. The zero-order valence-electron chi connectivity index (χ0n) is 11.9. The van der Waals surface area contributed by atoms with E-state index in [0.717, 1.165) is 6.42 Å². The summed E-state index contributed by atoms with van der Waals surface area (Å²) in [7, 11) is 0. The van der Waals surface area contributed by atoms with Crippen molar-refractivity contribution >= 4 is 0 Å². The fraction of sp³-hybridized carbons (Fsp3) is 0.300. The fourth-order valence-electron chi connectivity index (χ4n) is 3.85. The normalized spacial score (nSPS) is 20.6. The van der Waals surface area contributed by atoms with Crippen LogP contribution in [0, 0.1) is 0 Å². The molecule has 0 aromatic heterocycles. The van der Waals surface area contributed by atoms with E-state index in [9.17, 15) is 0 Å². The molecule has 20 heavy (non-hydrogen) atoms. The van der Waals surface area contributed by atoms with Crippen molar-refractivity contribution in [3.8, 4) is 11.1 Å². The first-order valence-electron chi connectivity index (χ1n) is 7.69. The van der Waals surface area contributed by atoms with Crippen LogP contribution in [0.25, 0.3) is 11.1 Å². The topological polar surface area (TPSA) is 0 Å². The monoisotopic (exact) mass is 260 g/mol. The summed E-state index contributed by atoms with van der Waals surface area (Å²) < 4.78 is 0. The minimum atomic E-state index is 0.699. The molecule has 4 rings (SSSR count). The lowest BCUT2D eigenvalue weighted by Gasteiger charge is -2.24. The van der Waals surface area contributed by atoms with Gasteiger partial charge in [0.05, 0.1) is 0 Å². The molecule has 0 nitrogen and oxygen atoms in total. The van der Waals surface area contributed by atoms with Crippen LogP contribution in [0.5, 0.6) is 0 Å². The maximum Gasteiger partial charge on any atom is -0.00134 e. The molecule has 1 unspecified atom stereocenters. The smallest absolute Gasteiger partial charge is 0.00134 e. The van der Waals surface area contributed by atoms with Gasteiger partial charge in [0.15, 0.2) is 0 Å². The molecule has 0 N–H and O–H groups in total. The first kappa shape index (κ1) is 12.0. The van der Waals surface area contributed by atoms with Crippen LogP contribution >= 0.6 is 0 Å². The Morgan fingerprint density at radius 3 is 2.70 bits per heavy atom. The van der Waals surface area contributed by atoms with Gasteiger partial charge in [-0.2, -0.15) is 0 Å². The summed E-state index contributed by atoms with van der Waals surface area (Å²) in [4.78, 5) is 0. The van der Waals surface area contributed by atoms with Crippen molar-refractivity contribution < 1.29 is 0 Å². The second-order valence-electron chi connectivity index (χ2n) is 6.29. The van der Waals surface area contributed by atoms with E-state index in [1.807, 2.05) is 0 Å². The first-order valence-corrected chi connectivity index (χ1v) is 7.69. The van der Waals surface area contributed by atoms with Gasteiger partial charge in [-0.15, -0.1) is 0 Å². The fourth-order valence-corrected chi connectivity index (χ4v) is 3.85. The molecule has 0 saturated heterocycles. The Bertz CT molecular complexity index is 678. The average molecular weight is 260 g/mol. The number of hydrogen-bond donors (Lipinski definition) is 0. The molecule has 0 aliphatic heterocycles. The van der Waals surface area contributed by atoms with Crippen molar-refractivity contribution in [1.82, 2.24) is 0 Å². The highest BCUT2D eigenvalue weighted by atomic mass is 14.3. The van der Waals surface area contributed by atoms with Crippen LogP contribution in [0.2, 0.25) is 0 Å². The van der Waals surface area contributed by atoms with Crippen LogP contribution in [0.3, 0.4) is 0 Å². The van der Waals surface area contributed by atoms with Gasteiger partial charge in [-0.25, -0.2) is 0 Å². The van der Waals surface area contributed by atoms with E-state index >= 15 is 0 Å². The Morgan fingerprint density at radius 2 is 1.80 bits per heavy atom. The zero-order chi connectivity index (χ0) is 13.5. The molecule has 0 amide bonds. The number of hydrogen-bond acceptors (Lipinski definition) is 0. The summed E-state index contributed by atoms with van der Waals surface area (Å²) in [6, 6.07) is 16.0. The minimum absolute atomic E-state index is 0.699. The van der Waals surface area contributed by atoms with E-state index in [4.69, 9.17) is 0 Å². The molecule has 0 heterocycles. The Labute approximate surface area is 121 Å². The Morgan fingerprint density at radius 1 is 0.950 bits per heavy atom. The third kappa shape index (κ3) is 1.91. The van der Waals surface area contributed by atoms with Gasteiger partial charge in [0, 0.05) is 0 Å². The lowest BCUT2D eigenvalue weighted by Crippen LogP contribution is -2.06. The summed E-state index contributed by atoms with van der Waals surface area (Å²) in [6.07, 6.45) is 6.15. The molecule has 1 atom stereocenters. The van der Waals surface area contributed by atoms with E-state index in [2.05, 4.69) is 49.0 Å². The molecule has 2 aliphatic rings. The van der Waals surface area contributed by atoms with Crippen molar-refractivity contribution in [3.05, 3.63) is 71.3 Å². The van der Waals surface area contributed by atoms with E-state index in [-0.39, 0.29) is 0 Å². The third-order valence-electron chi connectivity index (χ3n) is 4.91. The van der Waals surface area contributed by atoms with Gasteiger partial charge in [0.2, 0.25) is 0 Å². The number of rotatable bonds is 1. The lowest BCUT2D eigenvalue weighted by atomic mass is 9.81. The molecular formula is C20H20. The van der Waals surface area contributed by atoms with Crippen LogP contribution < -0.4 is 0 Å². The maximum atomic E-state index is 4.19. The molecule has 0 heteroatoms. The van der Waals surface area contributed by atoms with Crippen molar-refractivity contribution in [3.63, 3.8) is 0 Å². The van der Waals surface area contributed by atoms with Gasteiger partial charge in [0.1, 0.15) is 0 Å². The maximum absolute atomic E-state index is 4.19. The quantitative estimate of drug-likeness (QED) is 0.509. The minimum Gasteiger partial charge on any atom is -0.0998 e. The highest BCUT2D eigenvalue weighted by Gasteiger charge is 2.22. The SMILES string of the molecule is C=C1CCCC(c2ccc3c(c2)Cc2ccccc2-3)C1. The molecule has 2 aliphatic carbocycles. The lowest BCUT2D eigenvalue weighted by molar-refractivity contribution is 0.524. The van der Waals surface area contributed by atoms with Crippen molar-refractivity contribution in [2.45, 2.75) is 38.0 Å². The van der Waals surface area contributed by atoms with Crippen molar-refractivity contribution in [2.24, 2.45) is 0 Å². The summed E-state index contributed by atoms with van der Waals surface area (Å²) in [5.74, 6) is 0.699. The predicted octanol–water partition coefficient (Wildman–Crippen LogP) is 5.47. The molecule has 0 spiro atoms. The summed E-state index contributed by atoms with van der Waals surface area (Å²) in [5.41, 5.74) is 8.83. The molecule has 1 fully saturated rings. The van der Waals surface area contributed by atoms with Crippen molar-refractivity contribution in [2.75, 3.05) is 0 Å². The number of allylic oxidation sites excluding steroid dienone is 1. The van der Waals surface area contributed by atoms with Gasteiger partial charge in [0.25, 0.3) is 0 Å². The largest absolute Gasteiger partial charge is 0.0998 e. The molecular weight excluding hydrogens is 240 g/mol. The van der Waals surface area contributed by atoms with E-state index in [1.165, 1.54) is 59.1 Å². The van der Waals surface area contributed by atoms with Gasteiger partial charge in [-0.05, 0) is 65.8 Å². The highest BCUT2D eigenvalue weighted by molar-refractivity contribution is 5.77. The van der Waals surface area contributed by atoms with Gasteiger partial charge < -0.3 is 0 Å². The summed E-state index contributed by atoms with van der Waals surface area (Å²) in [6.45, 7) is 4.19. The molecule has 100 valence electrons. The van der Waals surface area contributed by atoms with E-state index in [1.54, 1.807) is 0 Å². The molecule has 0 bridgehead atoms. The molecule has 0 radical (unpaired) electrons. The number of benzene rings is 2. The molecule has 2 aromatic rings. The Balaban J connectivity index is 1.70. The summed E-state index contributed by atoms with van der Waals surface area (Å²) >= 11 is 0. The van der Waals surface area contributed by atoms with E-state index in [0.29, 0.717) is 5.92 Å². The van der Waals surface area contributed by atoms with Crippen LogP contribution in [-0.2, 0) is 6.42 Å². The second kappa shape index (κ2) is 4.63. The standard InChI is InChI=1S/C20H20/c1-14-5-4-7-15(11-14)16-9-10-20-18(12-16)13-17-6-2-3-8-19(17)20/h2-3,6,8-10,12,15H,1,4-5,7,11,13H2. The van der Waals surface area contributed by atoms with Gasteiger partial charge in [-0.3, -0.25) is 0 Å². The Kier molecular flexibility index (Phi) is 2.77. The van der Waals surface area contributed by atoms with E-state index < -0.39 is 0 Å². The summed E-state index contributed by atoms with van der Waals surface area (Å²) in [5, 5.41) is 0. The third-order valence-corrected chi connectivity index (χ3v) is 4.91. The highest BCUT2D eigenvalue weighted by Crippen LogP contribution is 2.40. The number of fused-ring (bicyclic) bond motifs is 3. The predicted molar refractivity (Wildman–Crippen MR) is 85.0 cm³/mol. The van der Waals surface area contributed by atoms with Crippen LogP contribution in [0.15, 0.2) is 54.6 Å². The van der Waals surface area contributed by atoms with Crippen LogP contribution in [0.4, 0.5) is 0 Å². The van der Waals surface area contributed by atoms with Gasteiger partial charge >= 0.3 is 0 Å².